The van der Waals surface area contributed by atoms with Crippen LogP contribution in [-0.2, 0) is 9.53 Å². The van der Waals surface area contributed by atoms with Crippen LogP contribution in [0, 0.1) is 16.7 Å². The Kier molecular flexibility index (Phi) is 6.09. The minimum Gasteiger partial charge on any atom is -0.497 e. The number of rotatable bonds is 6. The lowest BCUT2D eigenvalue weighted by Crippen LogP contribution is -2.43. The van der Waals surface area contributed by atoms with Crippen LogP contribution in [0.5, 0.6) is 11.5 Å². The molecule has 7 nitrogen and oxygen atoms in total. The summed E-state index contributed by atoms with van der Waals surface area (Å²) in [4.78, 5) is 15.3. The maximum atomic E-state index is 13.4. The number of benzene rings is 1. The van der Waals surface area contributed by atoms with E-state index >= 15 is 0 Å². The van der Waals surface area contributed by atoms with Crippen LogP contribution in [0.3, 0.4) is 0 Å². The number of Topliss-reactive ketones (excluding diaryl/α,β-unsaturated/α-hetero) is 1. The van der Waals surface area contributed by atoms with Gasteiger partial charge in [-0.05, 0) is 30.0 Å². The highest BCUT2D eigenvalue weighted by Gasteiger charge is 2.44. The lowest BCUT2D eigenvalue weighted by molar-refractivity contribution is -0.118. The van der Waals surface area contributed by atoms with Crippen LogP contribution >= 0.6 is 0 Å². The first-order valence-electron chi connectivity index (χ1n) is 9.92. The highest BCUT2D eigenvalue weighted by molar-refractivity contribution is 6.00. The average Bonchev–Trinajstić information content (AvgIpc) is 2.71. The lowest BCUT2D eigenvalue weighted by Gasteiger charge is -2.44. The highest BCUT2D eigenvalue weighted by atomic mass is 16.5. The Morgan fingerprint density at radius 1 is 1.23 bits per heavy atom. The molecule has 160 valence electrons. The normalized spacial score (nSPS) is 20.7. The van der Waals surface area contributed by atoms with Crippen LogP contribution in [0.4, 0.5) is 0 Å². The van der Waals surface area contributed by atoms with Crippen molar-refractivity contribution in [2.45, 2.75) is 32.6 Å². The van der Waals surface area contributed by atoms with E-state index in [9.17, 15) is 10.1 Å². The second-order valence-electron chi connectivity index (χ2n) is 8.40. The van der Waals surface area contributed by atoms with E-state index in [-0.39, 0.29) is 11.2 Å². The summed E-state index contributed by atoms with van der Waals surface area (Å²) in [6, 6.07) is 7.65. The maximum absolute atomic E-state index is 13.4. The fourth-order valence-corrected chi connectivity index (χ4v) is 4.39. The summed E-state index contributed by atoms with van der Waals surface area (Å²) in [5, 5.41) is 10.1. The molecule has 0 unspecified atom stereocenters. The molecule has 30 heavy (non-hydrogen) atoms. The van der Waals surface area contributed by atoms with Crippen LogP contribution in [0.15, 0.2) is 40.9 Å². The third-order valence-electron chi connectivity index (χ3n) is 5.75. The monoisotopic (exact) mass is 411 g/mol. The molecule has 1 aromatic carbocycles. The zero-order valence-electron chi connectivity index (χ0n) is 18.2. The number of ether oxygens (including phenoxy) is 3. The standard InChI is InChI=1S/C23H29N3O4/c1-23(2)11-17-21(18(27)12-23)20(15-10-14(29-4)6-7-19(15)30-5)16(13-24)22(25)26(17)8-9-28-3/h6-7,10,20H,8-9,11-12,25H2,1-5H3/t20-/m1/s1. The first-order valence-corrected chi connectivity index (χ1v) is 9.92. The molecule has 1 aromatic rings. The Hall–Kier alpha value is -2.98. The second-order valence-corrected chi connectivity index (χ2v) is 8.40. The number of hydrogen-bond acceptors (Lipinski definition) is 7. The van der Waals surface area contributed by atoms with Gasteiger partial charge in [0, 0.05) is 36.9 Å². The van der Waals surface area contributed by atoms with Crippen molar-refractivity contribution in [3.63, 3.8) is 0 Å². The molecule has 0 bridgehead atoms. The molecule has 2 N–H and O–H groups in total. The van der Waals surface area contributed by atoms with Crippen molar-refractivity contribution in [3.05, 3.63) is 46.4 Å². The number of nitrogens with zero attached hydrogens (tertiary/aromatic N) is 2. The van der Waals surface area contributed by atoms with Crippen molar-refractivity contribution in [1.29, 1.82) is 5.26 Å². The van der Waals surface area contributed by atoms with Gasteiger partial charge in [0.25, 0.3) is 0 Å². The quantitative estimate of drug-likeness (QED) is 0.768. The molecular weight excluding hydrogens is 382 g/mol. The summed E-state index contributed by atoms with van der Waals surface area (Å²) in [5.74, 6) is 0.982. The number of nitrogens with two attached hydrogens (primary N) is 1. The van der Waals surface area contributed by atoms with Gasteiger partial charge in [0.05, 0.1) is 38.4 Å². The predicted octanol–water partition coefficient (Wildman–Crippen LogP) is 3.09. The second kappa shape index (κ2) is 8.41. The smallest absolute Gasteiger partial charge is 0.162 e. The van der Waals surface area contributed by atoms with E-state index in [1.807, 2.05) is 11.0 Å². The number of methoxy groups -OCH3 is 3. The SMILES string of the molecule is COCCN1C(N)=C(C#N)[C@@H](c2cc(OC)ccc2OC)C2=C1CC(C)(C)CC2=O. The summed E-state index contributed by atoms with van der Waals surface area (Å²) < 4.78 is 16.2. The molecule has 0 aromatic heterocycles. The molecule has 0 fully saturated rings. The predicted molar refractivity (Wildman–Crippen MR) is 113 cm³/mol. The molecule has 0 radical (unpaired) electrons. The number of carbonyl (C=O) groups is 1. The fourth-order valence-electron chi connectivity index (χ4n) is 4.39. The maximum Gasteiger partial charge on any atom is 0.162 e. The first kappa shape index (κ1) is 21.7. The molecule has 1 aliphatic heterocycles. The van der Waals surface area contributed by atoms with Crippen molar-refractivity contribution in [1.82, 2.24) is 4.90 Å². The highest BCUT2D eigenvalue weighted by Crippen LogP contribution is 2.50. The van der Waals surface area contributed by atoms with E-state index in [2.05, 4.69) is 19.9 Å². The van der Waals surface area contributed by atoms with E-state index in [4.69, 9.17) is 19.9 Å². The van der Waals surface area contributed by atoms with Gasteiger partial charge in [-0.15, -0.1) is 0 Å². The van der Waals surface area contributed by atoms with E-state index in [1.165, 1.54) is 0 Å². The van der Waals surface area contributed by atoms with Crippen LogP contribution in [0.2, 0.25) is 0 Å². The zero-order valence-corrected chi connectivity index (χ0v) is 18.2. The summed E-state index contributed by atoms with van der Waals surface area (Å²) in [5.41, 5.74) is 8.83. The first-order chi connectivity index (χ1) is 14.3. The van der Waals surface area contributed by atoms with Crippen LogP contribution in [0.1, 0.15) is 38.2 Å². The van der Waals surface area contributed by atoms with Gasteiger partial charge in [-0.2, -0.15) is 5.26 Å². The van der Waals surface area contributed by atoms with Gasteiger partial charge in [-0.3, -0.25) is 4.79 Å². The molecule has 2 aliphatic rings. The summed E-state index contributed by atoms with van der Waals surface area (Å²) in [6.45, 7) is 5.05. The Morgan fingerprint density at radius 2 is 1.97 bits per heavy atom. The Balaban J connectivity index is 2.29. The van der Waals surface area contributed by atoms with Gasteiger partial charge in [-0.1, -0.05) is 13.8 Å². The topological polar surface area (TPSA) is 97.8 Å². The lowest BCUT2D eigenvalue weighted by atomic mass is 9.68. The van der Waals surface area contributed by atoms with Gasteiger partial charge < -0.3 is 24.8 Å². The van der Waals surface area contributed by atoms with Crippen molar-refractivity contribution in [3.8, 4) is 17.6 Å². The zero-order chi connectivity index (χ0) is 22.1. The van der Waals surface area contributed by atoms with Crippen molar-refractivity contribution in [2.75, 3.05) is 34.5 Å². The van der Waals surface area contributed by atoms with Crippen LogP contribution in [0.25, 0.3) is 0 Å². The van der Waals surface area contributed by atoms with Crippen molar-refractivity contribution in [2.24, 2.45) is 11.1 Å². The van der Waals surface area contributed by atoms with Gasteiger partial charge in [0.1, 0.15) is 17.3 Å². The Labute approximate surface area is 177 Å². The van der Waals surface area contributed by atoms with Crippen molar-refractivity contribution >= 4 is 5.78 Å². The molecule has 3 rings (SSSR count). The summed E-state index contributed by atoms with van der Waals surface area (Å²) in [6.07, 6.45) is 1.09. The largest absolute Gasteiger partial charge is 0.497 e. The fraction of sp³-hybridized carbons (Fsp3) is 0.478. The average molecular weight is 412 g/mol. The number of nitriles is 1. The number of allylic oxidation sites excluding steroid dienone is 3. The molecule has 0 saturated heterocycles. The van der Waals surface area contributed by atoms with Crippen LogP contribution in [-0.4, -0.2) is 45.2 Å². The molecule has 1 atom stereocenters. The Bertz CT molecular complexity index is 956. The minimum atomic E-state index is -0.600. The summed E-state index contributed by atoms with van der Waals surface area (Å²) >= 11 is 0. The molecule has 7 heteroatoms. The molecular formula is C23H29N3O4. The summed E-state index contributed by atoms with van der Waals surface area (Å²) in [7, 11) is 4.76. The number of carbonyl (C=O) groups excluding carboxylic acids is 1. The van der Waals surface area contributed by atoms with Gasteiger partial charge >= 0.3 is 0 Å². The van der Waals surface area contributed by atoms with E-state index in [0.717, 1.165) is 5.70 Å². The number of ketones is 1. The van der Waals surface area contributed by atoms with Gasteiger partial charge in [0.15, 0.2) is 5.78 Å². The van der Waals surface area contributed by atoms with Gasteiger partial charge in [0.2, 0.25) is 0 Å². The van der Waals surface area contributed by atoms with Gasteiger partial charge in [-0.25, -0.2) is 0 Å². The number of hydrogen-bond donors (Lipinski definition) is 1. The van der Waals surface area contributed by atoms with E-state index < -0.39 is 5.92 Å². The third-order valence-corrected chi connectivity index (χ3v) is 5.75. The van der Waals surface area contributed by atoms with Crippen LogP contribution < -0.4 is 15.2 Å². The van der Waals surface area contributed by atoms with E-state index in [1.54, 1.807) is 33.5 Å². The minimum absolute atomic E-state index is 0.0267. The van der Waals surface area contributed by atoms with E-state index in [0.29, 0.717) is 60.0 Å². The Morgan fingerprint density at radius 3 is 2.57 bits per heavy atom. The van der Waals surface area contributed by atoms with Crippen molar-refractivity contribution < 1.29 is 19.0 Å². The molecule has 0 amide bonds. The molecule has 1 aliphatic carbocycles. The molecule has 0 saturated carbocycles. The molecule has 1 heterocycles. The third kappa shape index (κ3) is 3.75. The molecule has 0 spiro atoms.